The molecule has 2 aromatic carbocycles. The summed E-state index contributed by atoms with van der Waals surface area (Å²) >= 11 is 0. The van der Waals surface area contributed by atoms with E-state index in [9.17, 15) is 8.42 Å². The standard InChI is InChI=1S/C25H20N6O2S/c1-16-20(7-8-23-22(16)15-29-31(23)12-10-26)25-21-13-24(28-14-17(21)9-11-27-25)30-18-3-5-19(6-4-18)34(2,32)33/h3-9,11,13-15H,12H2,1-2H3,(H,28,30). The molecule has 34 heavy (non-hydrogen) atoms. The topological polar surface area (TPSA) is 114 Å². The van der Waals surface area contributed by atoms with Gasteiger partial charge in [-0.15, -0.1) is 0 Å². The van der Waals surface area contributed by atoms with Gasteiger partial charge in [0.05, 0.1) is 28.4 Å². The molecule has 0 aliphatic carbocycles. The van der Waals surface area contributed by atoms with Crippen molar-refractivity contribution in [2.45, 2.75) is 18.4 Å². The van der Waals surface area contributed by atoms with Crippen molar-refractivity contribution in [2.24, 2.45) is 0 Å². The van der Waals surface area contributed by atoms with Crippen molar-refractivity contribution in [2.75, 3.05) is 11.6 Å². The van der Waals surface area contributed by atoms with Gasteiger partial charge in [0.1, 0.15) is 12.4 Å². The van der Waals surface area contributed by atoms with Crippen LogP contribution in [-0.2, 0) is 16.4 Å². The first-order valence-electron chi connectivity index (χ1n) is 10.5. The summed E-state index contributed by atoms with van der Waals surface area (Å²) < 4.78 is 25.1. The average Bonchev–Trinajstić information content (AvgIpc) is 3.23. The van der Waals surface area contributed by atoms with Crippen LogP contribution in [0.2, 0.25) is 0 Å². The summed E-state index contributed by atoms with van der Waals surface area (Å²) in [5.41, 5.74) is 4.47. The van der Waals surface area contributed by atoms with E-state index in [0.29, 0.717) is 5.82 Å². The number of rotatable bonds is 5. The fourth-order valence-electron chi connectivity index (χ4n) is 4.02. The number of fused-ring (bicyclic) bond motifs is 2. The Kier molecular flexibility index (Phi) is 5.23. The minimum Gasteiger partial charge on any atom is -0.340 e. The highest BCUT2D eigenvalue weighted by molar-refractivity contribution is 7.90. The molecule has 3 heterocycles. The van der Waals surface area contributed by atoms with Crippen molar-refractivity contribution >= 4 is 43.0 Å². The Morgan fingerprint density at radius 2 is 1.82 bits per heavy atom. The normalized spacial score (nSPS) is 11.6. The maximum absolute atomic E-state index is 11.7. The molecule has 168 valence electrons. The molecule has 0 bridgehead atoms. The van der Waals surface area contributed by atoms with E-state index < -0.39 is 9.84 Å². The lowest BCUT2D eigenvalue weighted by atomic mass is 9.98. The van der Waals surface area contributed by atoms with E-state index in [2.05, 4.69) is 26.5 Å². The van der Waals surface area contributed by atoms with Crippen LogP contribution in [0.1, 0.15) is 5.56 Å². The Morgan fingerprint density at radius 1 is 1.03 bits per heavy atom. The number of nitrogens with one attached hydrogen (secondary N) is 1. The second-order valence-corrected chi connectivity index (χ2v) is 10.0. The van der Waals surface area contributed by atoms with Gasteiger partial charge in [0.25, 0.3) is 0 Å². The van der Waals surface area contributed by atoms with Crippen LogP contribution >= 0.6 is 0 Å². The van der Waals surface area contributed by atoms with Crippen molar-refractivity contribution in [3.8, 4) is 17.3 Å². The Bertz CT molecular complexity index is 1700. The quantitative estimate of drug-likeness (QED) is 0.400. The number of pyridine rings is 2. The molecule has 5 aromatic rings. The lowest BCUT2D eigenvalue weighted by Gasteiger charge is -2.12. The van der Waals surface area contributed by atoms with Crippen LogP contribution in [0.15, 0.2) is 72.0 Å². The van der Waals surface area contributed by atoms with Crippen LogP contribution in [0.4, 0.5) is 11.5 Å². The molecule has 0 fully saturated rings. The van der Waals surface area contributed by atoms with E-state index in [1.54, 1.807) is 47.5 Å². The van der Waals surface area contributed by atoms with Gasteiger partial charge >= 0.3 is 0 Å². The number of benzene rings is 2. The molecule has 3 aromatic heterocycles. The van der Waals surface area contributed by atoms with E-state index in [4.69, 9.17) is 5.26 Å². The van der Waals surface area contributed by atoms with Gasteiger partial charge in [-0.3, -0.25) is 9.67 Å². The summed E-state index contributed by atoms with van der Waals surface area (Å²) in [6.07, 6.45) is 6.51. The molecule has 0 spiro atoms. The number of anilines is 2. The molecule has 0 saturated carbocycles. The van der Waals surface area contributed by atoms with Gasteiger partial charge in [0.15, 0.2) is 9.84 Å². The van der Waals surface area contributed by atoms with Crippen LogP contribution in [0.25, 0.3) is 32.9 Å². The minimum absolute atomic E-state index is 0.195. The predicted octanol–water partition coefficient (Wildman–Crippen LogP) is 4.63. The number of nitrogens with zero attached hydrogens (tertiary/aromatic N) is 5. The van der Waals surface area contributed by atoms with Crippen molar-refractivity contribution in [1.82, 2.24) is 19.7 Å². The highest BCUT2D eigenvalue weighted by Crippen LogP contribution is 2.33. The monoisotopic (exact) mass is 468 g/mol. The largest absolute Gasteiger partial charge is 0.340 e. The van der Waals surface area contributed by atoms with Gasteiger partial charge in [0, 0.05) is 46.1 Å². The van der Waals surface area contributed by atoms with Crippen LogP contribution in [0.3, 0.4) is 0 Å². The minimum atomic E-state index is -3.25. The fourth-order valence-corrected chi connectivity index (χ4v) is 4.65. The zero-order valence-corrected chi connectivity index (χ0v) is 19.3. The van der Waals surface area contributed by atoms with Crippen molar-refractivity contribution in [3.63, 3.8) is 0 Å². The first kappa shape index (κ1) is 21.6. The number of aryl methyl sites for hydroxylation is 1. The molecule has 8 nitrogen and oxygen atoms in total. The SMILES string of the molecule is Cc1c(-c2nccc3cnc(Nc4ccc(S(C)(=O)=O)cc4)cc23)ccc2c1cnn2CC#N. The number of hydrogen-bond acceptors (Lipinski definition) is 7. The molecule has 0 radical (unpaired) electrons. The van der Waals surface area contributed by atoms with Gasteiger partial charge in [0.2, 0.25) is 0 Å². The summed E-state index contributed by atoms with van der Waals surface area (Å²) in [4.78, 5) is 9.44. The predicted molar refractivity (Wildman–Crippen MR) is 131 cm³/mol. The molecule has 0 saturated heterocycles. The summed E-state index contributed by atoms with van der Waals surface area (Å²) in [6.45, 7) is 2.22. The second kappa shape index (κ2) is 8.24. The van der Waals surface area contributed by atoms with Crippen molar-refractivity contribution < 1.29 is 8.42 Å². The fraction of sp³-hybridized carbons (Fsp3) is 0.120. The third-order valence-electron chi connectivity index (χ3n) is 5.77. The van der Waals surface area contributed by atoms with Gasteiger partial charge < -0.3 is 5.32 Å². The number of aromatic nitrogens is 4. The van der Waals surface area contributed by atoms with E-state index in [1.807, 2.05) is 31.2 Å². The maximum atomic E-state index is 11.7. The summed E-state index contributed by atoms with van der Waals surface area (Å²) in [5, 5.41) is 19.5. The Morgan fingerprint density at radius 3 is 2.56 bits per heavy atom. The Labute approximate surface area is 196 Å². The first-order chi connectivity index (χ1) is 16.3. The van der Waals surface area contributed by atoms with E-state index in [0.717, 1.165) is 44.2 Å². The van der Waals surface area contributed by atoms with Crippen molar-refractivity contribution in [1.29, 1.82) is 5.26 Å². The highest BCUT2D eigenvalue weighted by atomic mass is 32.2. The molecule has 9 heteroatoms. The van der Waals surface area contributed by atoms with E-state index >= 15 is 0 Å². The third kappa shape index (κ3) is 3.84. The Balaban J connectivity index is 1.56. The van der Waals surface area contributed by atoms with Gasteiger partial charge in [-0.05, 0) is 55.0 Å². The van der Waals surface area contributed by atoms with E-state index in [1.165, 1.54) is 6.26 Å². The summed E-state index contributed by atoms with van der Waals surface area (Å²) in [7, 11) is -3.25. The molecule has 5 rings (SSSR count). The summed E-state index contributed by atoms with van der Waals surface area (Å²) in [5.74, 6) is 0.620. The maximum Gasteiger partial charge on any atom is 0.175 e. The van der Waals surface area contributed by atoms with Gasteiger partial charge in [-0.1, -0.05) is 6.07 Å². The zero-order valence-electron chi connectivity index (χ0n) is 18.5. The number of sulfone groups is 1. The lowest BCUT2D eigenvalue weighted by Crippen LogP contribution is -1.99. The highest BCUT2D eigenvalue weighted by Gasteiger charge is 2.14. The van der Waals surface area contributed by atoms with E-state index in [-0.39, 0.29) is 11.4 Å². The molecule has 0 aliphatic heterocycles. The molecule has 0 atom stereocenters. The molecule has 0 amide bonds. The molecular weight excluding hydrogens is 448 g/mol. The lowest BCUT2D eigenvalue weighted by molar-refractivity contribution is 0.602. The molecule has 1 N–H and O–H groups in total. The molecule has 0 aliphatic rings. The number of hydrogen-bond donors (Lipinski definition) is 1. The van der Waals surface area contributed by atoms with Crippen LogP contribution in [0.5, 0.6) is 0 Å². The zero-order chi connectivity index (χ0) is 23.9. The van der Waals surface area contributed by atoms with Crippen LogP contribution in [0, 0.1) is 18.3 Å². The van der Waals surface area contributed by atoms with Crippen LogP contribution < -0.4 is 5.32 Å². The summed E-state index contributed by atoms with van der Waals surface area (Å²) in [6, 6.07) is 16.5. The van der Waals surface area contributed by atoms with Gasteiger partial charge in [-0.2, -0.15) is 10.4 Å². The Hall–Kier alpha value is -4.29. The van der Waals surface area contributed by atoms with Crippen molar-refractivity contribution in [3.05, 3.63) is 72.7 Å². The average molecular weight is 469 g/mol. The number of nitriles is 1. The smallest absolute Gasteiger partial charge is 0.175 e. The van der Waals surface area contributed by atoms with Gasteiger partial charge in [-0.25, -0.2) is 13.4 Å². The first-order valence-corrected chi connectivity index (χ1v) is 12.4. The molecule has 0 unspecified atom stereocenters. The third-order valence-corrected chi connectivity index (χ3v) is 6.90. The van der Waals surface area contributed by atoms with Crippen LogP contribution in [-0.4, -0.2) is 34.4 Å². The molecular formula is C25H20N6O2S. The second-order valence-electron chi connectivity index (χ2n) is 8.00.